The van der Waals surface area contributed by atoms with E-state index in [1.807, 2.05) is 23.1 Å². The molecule has 3 aliphatic rings. The van der Waals surface area contributed by atoms with Crippen LogP contribution in [0.3, 0.4) is 0 Å². The zero-order chi connectivity index (χ0) is 18.2. The van der Waals surface area contributed by atoms with E-state index in [9.17, 15) is 4.79 Å². The van der Waals surface area contributed by atoms with Crippen LogP contribution in [0.2, 0.25) is 0 Å². The normalized spacial score (nSPS) is 21.5. The Bertz CT molecular complexity index is 1100. The van der Waals surface area contributed by atoms with E-state index in [0.717, 1.165) is 47.7 Å². The van der Waals surface area contributed by atoms with Gasteiger partial charge in [-0.25, -0.2) is 0 Å². The van der Waals surface area contributed by atoms with Crippen molar-refractivity contribution in [3.8, 4) is 11.5 Å². The largest absolute Gasteiger partial charge is 0.454 e. The lowest BCUT2D eigenvalue weighted by Crippen LogP contribution is -2.44. The maximum absolute atomic E-state index is 12.6. The summed E-state index contributed by atoms with van der Waals surface area (Å²) >= 11 is 0. The van der Waals surface area contributed by atoms with Gasteiger partial charge in [-0.15, -0.1) is 0 Å². The number of hydrogen-bond acceptors (Lipinski definition) is 3. The molecule has 1 aliphatic carbocycles. The maximum atomic E-state index is 12.6. The molecule has 5 heteroatoms. The van der Waals surface area contributed by atoms with Gasteiger partial charge in [-0.3, -0.25) is 4.79 Å². The van der Waals surface area contributed by atoms with E-state index in [2.05, 4.69) is 29.2 Å². The minimum atomic E-state index is -0.134. The number of nitrogens with zero attached hydrogens (tertiary/aromatic N) is 1. The van der Waals surface area contributed by atoms with Crippen molar-refractivity contribution in [2.24, 2.45) is 0 Å². The number of para-hydroxylation sites is 1. The molecule has 27 heavy (non-hydrogen) atoms. The Morgan fingerprint density at radius 2 is 1.96 bits per heavy atom. The lowest BCUT2D eigenvalue weighted by atomic mass is 9.83. The summed E-state index contributed by atoms with van der Waals surface area (Å²) in [6, 6.07) is 14.4. The van der Waals surface area contributed by atoms with Crippen molar-refractivity contribution in [1.29, 1.82) is 0 Å². The third-order valence-electron chi connectivity index (χ3n) is 6.29. The molecule has 1 amide bonds. The van der Waals surface area contributed by atoms with Gasteiger partial charge in [0.25, 0.3) is 0 Å². The summed E-state index contributed by atoms with van der Waals surface area (Å²) in [7, 11) is 0. The summed E-state index contributed by atoms with van der Waals surface area (Å²) in [5.74, 6) is 1.62. The summed E-state index contributed by atoms with van der Waals surface area (Å²) in [6.07, 6.45) is 2.28. The van der Waals surface area contributed by atoms with Crippen LogP contribution in [-0.4, -0.2) is 29.1 Å². The number of carbonyl (C=O) groups excluding carboxylic acids is 1. The Balaban J connectivity index is 1.60. The molecular weight excluding hydrogens is 340 g/mol. The van der Waals surface area contributed by atoms with Crippen molar-refractivity contribution in [1.82, 2.24) is 9.88 Å². The number of rotatable bonds is 1. The molecule has 136 valence electrons. The van der Waals surface area contributed by atoms with Gasteiger partial charge in [0.1, 0.15) is 0 Å². The third kappa shape index (κ3) is 2.02. The van der Waals surface area contributed by atoms with Gasteiger partial charge in [-0.05, 0) is 42.2 Å². The number of benzene rings is 2. The number of amides is 1. The molecule has 1 unspecified atom stereocenters. The summed E-state index contributed by atoms with van der Waals surface area (Å²) in [6.45, 7) is 2.70. The SMILES string of the molecule is CC(=O)N1CC2(CC2)c2c([nH]c3ccccc23)C1c1ccc2c(c1)OCO2. The zero-order valence-corrected chi connectivity index (χ0v) is 15.1. The van der Waals surface area contributed by atoms with Gasteiger partial charge in [0.15, 0.2) is 11.5 Å². The van der Waals surface area contributed by atoms with Crippen molar-refractivity contribution in [2.45, 2.75) is 31.2 Å². The van der Waals surface area contributed by atoms with Gasteiger partial charge in [0.2, 0.25) is 12.7 Å². The molecule has 1 fully saturated rings. The first-order valence-corrected chi connectivity index (χ1v) is 9.44. The summed E-state index contributed by atoms with van der Waals surface area (Å²) < 4.78 is 11.1. The lowest BCUT2D eigenvalue weighted by molar-refractivity contribution is -0.131. The van der Waals surface area contributed by atoms with Crippen LogP contribution in [0.5, 0.6) is 11.5 Å². The van der Waals surface area contributed by atoms with Crippen LogP contribution in [0.15, 0.2) is 42.5 Å². The van der Waals surface area contributed by atoms with Gasteiger partial charge in [0, 0.05) is 35.5 Å². The number of hydrogen-bond donors (Lipinski definition) is 1. The van der Waals surface area contributed by atoms with E-state index >= 15 is 0 Å². The molecule has 1 aromatic heterocycles. The predicted molar refractivity (Wildman–Crippen MR) is 101 cm³/mol. The summed E-state index contributed by atoms with van der Waals surface area (Å²) in [5, 5.41) is 1.29. The fourth-order valence-electron chi connectivity index (χ4n) is 4.87. The molecule has 5 nitrogen and oxygen atoms in total. The number of fused-ring (bicyclic) bond motifs is 5. The van der Waals surface area contributed by atoms with Crippen LogP contribution in [0.1, 0.15) is 42.6 Å². The van der Waals surface area contributed by atoms with E-state index in [0.29, 0.717) is 0 Å². The van der Waals surface area contributed by atoms with Crippen molar-refractivity contribution in [3.05, 3.63) is 59.3 Å². The molecule has 0 radical (unpaired) electrons. The van der Waals surface area contributed by atoms with E-state index in [1.165, 1.54) is 10.9 Å². The van der Waals surface area contributed by atoms with Gasteiger partial charge < -0.3 is 19.4 Å². The highest BCUT2D eigenvalue weighted by Crippen LogP contribution is 2.58. The Hall–Kier alpha value is -2.95. The fraction of sp³-hybridized carbons (Fsp3) is 0.318. The van der Waals surface area contributed by atoms with E-state index in [1.54, 1.807) is 6.92 Å². The molecular formula is C22H20N2O3. The molecule has 1 saturated carbocycles. The Labute approximate surface area is 156 Å². The number of carbonyl (C=O) groups is 1. The highest BCUT2D eigenvalue weighted by atomic mass is 16.7. The first-order valence-electron chi connectivity index (χ1n) is 9.44. The highest BCUT2D eigenvalue weighted by Gasteiger charge is 2.54. The van der Waals surface area contributed by atoms with Gasteiger partial charge in [-0.2, -0.15) is 0 Å². The van der Waals surface area contributed by atoms with Gasteiger partial charge >= 0.3 is 0 Å². The Morgan fingerprint density at radius 1 is 1.15 bits per heavy atom. The number of ether oxygens (including phenoxy) is 2. The Morgan fingerprint density at radius 3 is 2.78 bits per heavy atom. The molecule has 2 aliphatic heterocycles. The number of nitrogens with one attached hydrogen (secondary N) is 1. The van der Waals surface area contributed by atoms with Crippen molar-refractivity contribution in [3.63, 3.8) is 0 Å². The monoisotopic (exact) mass is 360 g/mol. The second-order valence-electron chi connectivity index (χ2n) is 7.90. The van der Waals surface area contributed by atoms with Crippen LogP contribution in [-0.2, 0) is 10.2 Å². The summed E-state index contributed by atoms with van der Waals surface area (Å²) in [4.78, 5) is 18.3. The second kappa shape index (κ2) is 5.06. The third-order valence-corrected chi connectivity index (χ3v) is 6.29. The quantitative estimate of drug-likeness (QED) is 0.716. The average Bonchev–Trinajstić information content (AvgIpc) is 3.12. The smallest absolute Gasteiger partial charge is 0.231 e. The Kier molecular flexibility index (Phi) is 2.84. The molecule has 0 bridgehead atoms. The zero-order valence-electron chi connectivity index (χ0n) is 15.1. The predicted octanol–water partition coefficient (Wildman–Crippen LogP) is 3.88. The molecule has 3 heterocycles. The van der Waals surface area contributed by atoms with Gasteiger partial charge in [-0.1, -0.05) is 24.3 Å². The number of aromatic amines is 1. The van der Waals surface area contributed by atoms with E-state index < -0.39 is 0 Å². The first-order chi connectivity index (χ1) is 13.2. The minimum absolute atomic E-state index is 0.105. The van der Waals surface area contributed by atoms with Crippen LogP contribution in [0.25, 0.3) is 10.9 Å². The number of aromatic nitrogens is 1. The van der Waals surface area contributed by atoms with Crippen molar-refractivity contribution in [2.75, 3.05) is 13.3 Å². The van der Waals surface area contributed by atoms with Crippen molar-refractivity contribution < 1.29 is 14.3 Å². The molecule has 1 atom stereocenters. The highest BCUT2D eigenvalue weighted by molar-refractivity contribution is 5.88. The van der Waals surface area contributed by atoms with E-state index in [4.69, 9.17) is 9.47 Å². The molecule has 3 aromatic rings. The number of H-pyrrole nitrogens is 1. The molecule has 0 saturated heterocycles. The topological polar surface area (TPSA) is 54.6 Å². The van der Waals surface area contributed by atoms with Crippen LogP contribution < -0.4 is 9.47 Å². The minimum Gasteiger partial charge on any atom is -0.454 e. The first kappa shape index (κ1) is 15.1. The lowest BCUT2D eigenvalue weighted by Gasteiger charge is -2.40. The molecule has 6 rings (SSSR count). The van der Waals surface area contributed by atoms with Gasteiger partial charge in [0.05, 0.1) is 6.04 Å². The average molecular weight is 360 g/mol. The van der Waals surface area contributed by atoms with Crippen molar-refractivity contribution >= 4 is 16.8 Å². The molecule has 1 N–H and O–H groups in total. The maximum Gasteiger partial charge on any atom is 0.231 e. The standard InChI is InChI=1S/C22H20N2O3/c1-13(25)24-11-22(8-9-22)19-15-4-2-3-5-16(15)23-20(19)21(24)14-6-7-17-18(10-14)27-12-26-17/h2-7,10,21,23H,8-9,11-12H2,1H3. The van der Waals surface area contributed by atoms with Crippen LogP contribution in [0, 0.1) is 0 Å². The second-order valence-corrected chi connectivity index (χ2v) is 7.90. The van der Waals surface area contributed by atoms with Crippen LogP contribution in [0.4, 0.5) is 0 Å². The fourth-order valence-corrected chi connectivity index (χ4v) is 4.87. The molecule has 1 spiro atoms. The summed E-state index contributed by atoms with van der Waals surface area (Å²) in [5.41, 5.74) is 4.85. The molecule has 2 aromatic carbocycles. The van der Waals surface area contributed by atoms with E-state index in [-0.39, 0.29) is 24.2 Å². The van der Waals surface area contributed by atoms with Crippen LogP contribution >= 0.6 is 0 Å².